The van der Waals surface area contributed by atoms with Crippen LogP contribution < -0.4 is 20.9 Å². The van der Waals surface area contributed by atoms with E-state index in [1.54, 1.807) is 50.4 Å². The second kappa shape index (κ2) is 12.5. The smallest absolute Gasteiger partial charge is 0.459 e. The molecule has 3 atom stereocenters. The molecule has 5 N–H and O–H groups in total. The molecule has 1 aliphatic carbocycles. The number of carbonyl (C=O) groups is 2. The standard InChI is InChI=1S/C27H35N6O8P/c1-16(2)10-20(24(35)36)32-42(38,41-19-8-6-5-7-9-19)40-14-27(13-39-25(37)17(3)4)11-18(27)12-33-15-29-21-22(33)30-26(28)31-23(21)34/h5-9,12,15-17,20H,10-11,13-14H2,1-4H3,(H,32,38)(H,35,36)(H3,28,30,31,34)/b18-12-/t20?,27?,42-/m0/s1. The largest absolute Gasteiger partial charge is 0.480 e. The van der Waals surface area contributed by atoms with Crippen LogP contribution in [0.25, 0.3) is 17.4 Å². The Balaban J connectivity index is 1.64. The van der Waals surface area contributed by atoms with Crippen molar-refractivity contribution in [1.29, 1.82) is 0 Å². The highest BCUT2D eigenvalue weighted by Crippen LogP contribution is 2.56. The Bertz CT molecular complexity index is 1580. The first-order chi connectivity index (χ1) is 19.8. The van der Waals surface area contributed by atoms with Crippen molar-refractivity contribution in [1.82, 2.24) is 24.6 Å². The highest BCUT2D eigenvalue weighted by Gasteiger charge is 2.52. The highest BCUT2D eigenvalue weighted by molar-refractivity contribution is 7.52. The third-order valence-electron chi connectivity index (χ3n) is 6.59. The van der Waals surface area contributed by atoms with E-state index in [-0.39, 0.29) is 54.3 Å². The number of para-hydroxylation sites is 1. The summed E-state index contributed by atoms with van der Waals surface area (Å²) in [4.78, 5) is 47.2. The first kappa shape index (κ1) is 30.9. The molecule has 1 aromatic carbocycles. The molecule has 42 heavy (non-hydrogen) atoms. The van der Waals surface area contributed by atoms with Gasteiger partial charge in [-0.2, -0.15) is 10.1 Å². The van der Waals surface area contributed by atoms with Gasteiger partial charge in [0.05, 0.1) is 17.9 Å². The first-order valence-electron chi connectivity index (χ1n) is 13.4. The van der Waals surface area contributed by atoms with Crippen LogP contribution in [0.1, 0.15) is 40.5 Å². The van der Waals surface area contributed by atoms with Crippen LogP contribution in [0.5, 0.6) is 5.75 Å². The number of fused-ring (bicyclic) bond motifs is 1. The number of carbonyl (C=O) groups excluding carboxylic acids is 1. The number of nitrogens with two attached hydrogens (primary N) is 1. The van der Waals surface area contributed by atoms with Crippen LogP contribution in [0.4, 0.5) is 5.95 Å². The number of carboxylic acids is 1. The number of nitrogen functional groups attached to an aromatic ring is 1. The van der Waals surface area contributed by atoms with Crippen molar-refractivity contribution in [2.24, 2.45) is 17.3 Å². The van der Waals surface area contributed by atoms with Gasteiger partial charge in [-0.15, -0.1) is 0 Å². The maximum atomic E-state index is 14.0. The normalized spacial score (nSPS) is 19.6. The average molecular weight is 603 g/mol. The minimum absolute atomic E-state index is 0.0246. The fourth-order valence-electron chi connectivity index (χ4n) is 4.20. The van der Waals surface area contributed by atoms with Crippen molar-refractivity contribution >= 4 is 43.0 Å². The number of rotatable bonds is 14. The summed E-state index contributed by atoms with van der Waals surface area (Å²) in [6.45, 7) is 6.75. The molecule has 3 aromatic rings. The molecule has 2 heterocycles. The Morgan fingerprint density at radius 2 is 1.95 bits per heavy atom. The number of H-pyrrole nitrogens is 1. The second-order valence-corrected chi connectivity index (χ2v) is 12.7. The Morgan fingerprint density at radius 1 is 1.24 bits per heavy atom. The SMILES string of the molecule is CC(C)CC(N[P@](=O)(OCC1(COC(=O)C(C)C)C/C1=C/n1cnc2c(=O)[nH]c(N)nc21)Oc1ccccc1)C(=O)O. The van der Waals surface area contributed by atoms with E-state index < -0.39 is 36.7 Å². The fraction of sp³-hybridized carbons (Fsp3) is 0.444. The fourth-order valence-corrected chi connectivity index (χ4v) is 5.80. The minimum atomic E-state index is -4.27. The first-order valence-corrected chi connectivity index (χ1v) is 14.9. The lowest BCUT2D eigenvalue weighted by Gasteiger charge is -2.26. The predicted octanol–water partition coefficient (Wildman–Crippen LogP) is 3.42. The van der Waals surface area contributed by atoms with Gasteiger partial charge in [-0.1, -0.05) is 45.9 Å². The molecule has 0 radical (unpaired) electrons. The predicted molar refractivity (Wildman–Crippen MR) is 154 cm³/mol. The number of imidazole rings is 1. The number of benzene rings is 1. The minimum Gasteiger partial charge on any atom is -0.480 e. The molecule has 0 spiro atoms. The molecule has 14 nitrogen and oxygen atoms in total. The number of anilines is 1. The monoisotopic (exact) mass is 602 g/mol. The Morgan fingerprint density at radius 3 is 2.60 bits per heavy atom. The van der Waals surface area contributed by atoms with Crippen molar-refractivity contribution in [3.63, 3.8) is 0 Å². The highest BCUT2D eigenvalue weighted by atomic mass is 31.2. The van der Waals surface area contributed by atoms with E-state index in [9.17, 15) is 24.1 Å². The van der Waals surface area contributed by atoms with Crippen LogP contribution in [0.2, 0.25) is 0 Å². The van der Waals surface area contributed by atoms with Crippen molar-refractivity contribution in [3.8, 4) is 5.75 Å². The summed E-state index contributed by atoms with van der Waals surface area (Å²) in [6.07, 6.45) is 3.61. The van der Waals surface area contributed by atoms with Gasteiger partial charge in [0.2, 0.25) is 5.95 Å². The van der Waals surface area contributed by atoms with E-state index in [0.717, 1.165) is 5.57 Å². The molecule has 2 aromatic heterocycles. The molecule has 226 valence electrons. The van der Waals surface area contributed by atoms with Gasteiger partial charge >= 0.3 is 19.7 Å². The lowest BCUT2D eigenvalue weighted by Crippen LogP contribution is -2.38. The molecule has 1 saturated carbocycles. The molecule has 0 saturated heterocycles. The van der Waals surface area contributed by atoms with Crippen LogP contribution >= 0.6 is 7.75 Å². The van der Waals surface area contributed by atoms with Crippen molar-refractivity contribution < 1.29 is 33.0 Å². The van der Waals surface area contributed by atoms with Crippen molar-refractivity contribution in [3.05, 3.63) is 52.6 Å². The van der Waals surface area contributed by atoms with E-state index >= 15 is 0 Å². The molecule has 4 rings (SSSR count). The topological polar surface area (TPSA) is 201 Å². The summed E-state index contributed by atoms with van der Waals surface area (Å²) < 4.78 is 32.7. The number of aromatic amines is 1. The molecular weight excluding hydrogens is 567 g/mol. The van der Waals surface area contributed by atoms with Gasteiger partial charge in [0.1, 0.15) is 24.7 Å². The molecule has 1 fully saturated rings. The maximum Gasteiger partial charge on any atom is 0.459 e. The Labute approximate surface area is 241 Å². The number of nitrogens with one attached hydrogen (secondary N) is 2. The number of ether oxygens (including phenoxy) is 1. The third kappa shape index (κ3) is 7.44. The number of hydrogen-bond acceptors (Lipinski definition) is 10. The summed E-state index contributed by atoms with van der Waals surface area (Å²) in [5.74, 6) is -1.91. The Hall–Kier alpha value is -4.00. The summed E-state index contributed by atoms with van der Waals surface area (Å²) >= 11 is 0. The molecule has 0 bridgehead atoms. The lowest BCUT2D eigenvalue weighted by molar-refractivity contribution is -0.149. The van der Waals surface area contributed by atoms with Gasteiger partial charge in [0.25, 0.3) is 5.56 Å². The number of hydrogen-bond donors (Lipinski definition) is 4. The van der Waals surface area contributed by atoms with Crippen molar-refractivity contribution in [2.75, 3.05) is 18.9 Å². The van der Waals surface area contributed by atoms with Crippen LogP contribution in [0, 0.1) is 17.3 Å². The van der Waals surface area contributed by atoms with Crippen LogP contribution in [0.15, 0.2) is 47.0 Å². The molecule has 0 aliphatic heterocycles. The summed E-state index contributed by atoms with van der Waals surface area (Å²) in [6, 6.07) is 7.04. The van der Waals surface area contributed by atoms with Gasteiger partial charge in [-0.05, 0) is 36.5 Å². The van der Waals surface area contributed by atoms with E-state index in [1.807, 2.05) is 13.8 Å². The average Bonchev–Trinajstić information content (AvgIpc) is 3.45. The zero-order valence-corrected chi connectivity index (χ0v) is 24.7. The van der Waals surface area contributed by atoms with E-state index in [0.29, 0.717) is 6.42 Å². The van der Waals surface area contributed by atoms with Gasteiger partial charge in [0, 0.05) is 6.20 Å². The zero-order valence-electron chi connectivity index (χ0n) is 23.8. The zero-order chi connectivity index (χ0) is 30.7. The van der Waals surface area contributed by atoms with Crippen molar-refractivity contribution in [2.45, 2.75) is 46.6 Å². The molecule has 2 unspecified atom stereocenters. The molecular formula is C27H35N6O8P. The second-order valence-electron chi connectivity index (χ2n) is 11.0. The Kier molecular flexibility index (Phi) is 9.19. The lowest BCUT2D eigenvalue weighted by atomic mass is 10.1. The van der Waals surface area contributed by atoms with Gasteiger partial charge < -0.3 is 20.1 Å². The van der Waals surface area contributed by atoms with Crippen LogP contribution in [-0.2, 0) is 23.4 Å². The number of aliphatic carboxylic acids is 1. The summed E-state index contributed by atoms with van der Waals surface area (Å²) in [5, 5.41) is 12.4. The van der Waals surface area contributed by atoms with Gasteiger partial charge in [-0.25, -0.2) is 9.55 Å². The maximum absolute atomic E-state index is 14.0. The van der Waals surface area contributed by atoms with Crippen LogP contribution in [0.3, 0.4) is 0 Å². The van der Waals surface area contributed by atoms with Gasteiger partial charge in [-0.3, -0.25) is 28.5 Å². The third-order valence-corrected chi connectivity index (χ3v) is 8.14. The van der Waals surface area contributed by atoms with E-state index in [2.05, 4.69) is 20.0 Å². The van der Waals surface area contributed by atoms with E-state index in [1.165, 1.54) is 10.9 Å². The number of nitrogens with zero attached hydrogens (tertiary/aromatic N) is 3. The quantitative estimate of drug-likeness (QED) is 0.155. The number of carboxylic acid groups (broad SMARTS) is 1. The molecule has 0 amide bonds. The molecule has 1 aliphatic rings. The number of aromatic nitrogens is 4. The molecule has 15 heteroatoms. The number of esters is 1. The summed E-state index contributed by atoms with van der Waals surface area (Å²) in [5.41, 5.74) is 5.34. The van der Waals surface area contributed by atoms with E-state index in [4.69, 9.17) is 19.5 Å². The van der Waals surface area contributed by atoms with Gasteiger partial charge in [0.15, 0.2) is 11.2 Å². The van der Waals surface area contributed by atoms with Crippen LogP contribution in [-0.4, -0.2) is 55.8 Å². The summed E-state index contributed by atoms with van der Waals surface area (Å²) in [7, 11) is -4.27.